The molecule has 0 unspecified atom stereocenters. The number of amides is 2. The molecule has 1 aliphatic heterocycles. The molecule has 2 amide bonds. The molecule has 2 aromatic rings. The summed E-state index contributed by atoms with van der Waals surface area (Å²) in [6, 6.07) is 3.79. The third-order valence-electron chi connectivity index (χ3n) is 4.31. The van der Waals surface area contributed by atoms with Crippen molar-refractivity contribution in [1.82, 2.24) is 20.1 Å². The molecule has 3 rings (SSSR count). The molecule has 3 heterocycles. The fourth-order valence-corrected chi connectivity index (χ4v) is 4.52. The Kier molecular flexibility index (Phi) is 6.39. The SMILES string of the molecule is CC(=O)NCc1ccc(C(=O)N2CCCN(Cc3csc(C)n3)CC2)s1. The van der Waals surface area contributed by atoms with Crippen LogP contribution in [0.4, 0.5) is 0 Å². The van der Waals surface area contributed by atoms with Crippen LogP contribution in [0.2, 0.25) is 0 Å². The zero-order valence-electron chi connectivity index (χ0n) is 15.2. The van der Waals surface area contributed by atoms with Gasteiger partial charge in [-0.3, -0.25) is 14.5 Å². The van der Waals surface area contributed by atoms with E-state index in [4.69, 9.17) is 0 Å². The summed E-state index contributed by atoms with van der Waals surface area (Å²) in [7, 11) is 0. The smallest absolute Gasteiger partial charge is 0.263 e. The van der Waals surface area contributed by atoms with Crippen molar-refractivity contribution >= 4 is 34.5 Å². The van der Waals surface area contributed by atoms with Crippen molar-refractivity contribution in [3.63, 3.8) is 0 Å². The van der Waals surface area contributed by atoms with Crippen LogP contribution >= 0.6 is 22.7 Å². The second-order valence-corrected chi connectivity index (χ2v) is 8.69. The number of nitrogens with one attached hydrogen (secondary N) is 1. The third-order valence-corrected chi connectivity index (χ3v) is 6.21. The van der Waals surface area contributed by atoms with Gasteiger partial charge in [-0.25, -0.2) is 4.98 Å². The van der Waals surface area contributed by atoms with Crippen molar-refractivity contribution in [1.29, 1.82) is 0 Å². The Morgan fingerprint density at radius 3 is 2.81 bits per heavy atom. The number of thiophene rings is 1. The minimum atomic E-state index is -0.0609. The predicted octanol–water partition coefficient (Wildman–Crippen LogP) is 2.50. The van der Waals surface area contributed by atoms with Gasteiger partial charge in [-0.05, 0) is 25.5 Å². The highest BCUT2D eigenvalue weighted by Crippen LogP contribution is 2.20. The Balaban J connectivity index is 1.54. The van der Waals surface area contributed by atoms with Gasteiger partial charge in [0, 0.05) is 49.9 Å². The van der Waals surface area contributed by atoms with Gasteiger partial charge in [0.05, 0.1) is 22.1 Å². The Bertz CT molecular complexity index is 771. The number of carbonyl (C=O) groups excluding carboxylic acids is 2. The van der Waals surface area contributed by atoms with E-state index in [0.717, 1.165) is 59.6 Å². The van der Waals surface area contributed by atoms with E-state index < -0.39 is 0 Å². The van der Waals surface area contributed by atoms with Gasteiger partial charge < -0.3 is 10.2 Å². The summed E-state index contributed by atoms with van der Waals surface area (Å²) in [5, 5.41) is 5.98. The number of thiazole rings is 1. The first-order valence-corrected chi connectivity index (χ1v) is 10.5. The van der Waals surface area contributed by atoms with Gasteiger partial charge in [0.15, 0.2) is 0 Å². The molecule has 0 aromatic carbocycles. The van der Waals surface area contributed by atoms with E-state index in [2.05, 4.69) is 20.6 Å². The lowest BCUT2D eigenvalue weighted by molar-refractivity contribution is -0.119. The van der Waals surface area contributed by atoms with Crippen LogP contribution in [-0.4, -0.2) is 52.8 Å². The van der Waals surface area contributed by atoms with Crippen molar-refractivity contribution in [3.05, 3.63) is 38.0 Å². The number of hydrogen-bond acceptors (Lipinski definition) is 6. The predicted molar refractivity (Wildman–Crippen MR) is 104 cm³/mol. The van der Waals surface area contributed by atoms with Crippen LogP contribution in [0.1, 0.15) is 38.6 Å². The van der Waals surface area contributed by atoms with Crippen LogP contribution in [0.5, 0.6) is 0 Å². The quantitative estimate of drug-likeness (QED) is 0.849. The minimum Gasteiger partial charge on any atom is -0.351 e. The van der Waals surface area contributed by atoms with Crippen molar-refractivity contribution in [2.75, 3.05) is 26.2 Å². The molecule has 140 valence electrons. The largest absolute Gasteiger partial charge is 0.351 e. The lowest BCUT2D eigenvalue weighted by Gasteiger charge is -2.21. The second kappa shape index (κ2) is 8.75. The number of aromatic nitrogens is 1. The van der Waals surface area contributed by atoms with Gasteiger partial charge >= 0.3 is 0 Å². The average Bonchev–Trinajstić information content (AvgIpc) is 3.17. The summed E-state index contributed by atoms with van der Waals surface area (Å²) in [5.41, 5.74) is 1.12. The molecule has 1 aliphatic rings. The van der Waals surface area contributed by atoms with Gasteiger partial charge in [-0.1, -0.05) is 0 Å². The first-order chi connectivity index (χ1) is 12.5. The Morgan fingerprint density at radius 2 is 2.08 bits per heavy atom. The third kappa shape index (κ3) is 5.12. The Morgan fingerprint density at radius 1 is 1.23 bits per heavy atom. The van der Waals surface area contributed by atoms with Gasteiger partial charge in [0.1, 0.15) is 0 Å². The number of nitrogens with zero attached hydrogens (tertiary/aromatic N) is 3. The summed E-state index contributed by atoms with van der Waals surface area (Å²) in [5.74, 6) is 0.0321. The standard InChI is InChI=1S/C18H24N4O2S2/c1-13(23)19-10-16-4-5-17(26-16)18(24)22-7-3-6-21(8-9-22)11-15-12-25-14(2)20-15/h4-5,12H,3,6-11H2,1-2H3,(H,19,23). The van der Waals surface area contributed by atoms with E-state index in [0.29, 0.717) is 6.54 Å². The maximum Gasteiger partial charge on any atom is 0.263 e. The van der Waals surface area contributed by atoms with Crippen molar-refractivity contribution in [3.8, 4) is 0 Å². The highest BCUT2D eigenvalue weighted by Gasteiger charge is 2.22. The summed E-state index contributed by atoms with van der Waals surface area (Å²) in [6.07, 6.45) is 0.971. The summed E-state index contributed by atoms with van der Waals surface area (Å²) < 4.78 is 0. The van der Waals surface area contributed by atoms with Crippen LogP contribution < -0.4 is 5.32 Å². The maximum atomic E-state index is 12.8. The monoisotopic (exact) mass is 392 g/mol. The topological polar surface area (TPSA) is 65.5 Å². The molecule has 0 saturated carbocycles. The molecule has 0 aliphatic carbocycles. The molecule has 6 nitrogen and oxygen atoms in total. The zero-order valence-corrected chi connectivity index (χ0v) is 16.8. The normalized spacial score (nSPS) is 15.7. The molecular weight excluding hydrogens is 368 g/mol. The van der Waals surface area contributed by atoms with E-state index in [1.165, 1.54) is 18.3 Å². The molecule has 1 saturated heterocycles. The minimum absolute atomic E-state index is 0.0609. The number of rotatable bonds is 5. The molecule has 1 fully saturated rings. The van der Waals surface area contributed by atoms with Gasteiger partial charge in [0.2, 0.25) is 5.91 Å². The fourth-order valence-electron chi connectivity index (χ4n) is 3.00. The van der Waals surface area contributed by atoms with Gasteiger partial charge in [-0.2, -0.15) is 0 Å². The lowest BCUT2D eigenvalue weighted by Crippen LogP contribution is -2.34. The van der Waals surface area contributed by atoms with Crippen molar-refractivity contribution < 1.29 is 9.59 Å². The first kappa shape index (κ1) is 19.0. The molecule has 2 aromatic heterocycles. The zero-order chi connectivity index (χ0) is 18.5. The molecule has 0 spiro atoms. The van der Waals surface area contributed by atoms with E-state index in [1.807, 2.05) is 24.0 Å². The fraction of sp³-hybridized carbons (Fsp3) is 0.500. The number of aryl methyl sites for hydroxylation is 1. The summed E-state index contributed by atoms with van der Waals surface area (Å²) in [6.45, 7) is 8.23. The highest BCUT2D eigenvalue weighted by molar-refractivity contribution is 7.14. The van der Waals surface area contributed by atoms with Crippen LogP contribution in [0.25, 0.3) is 0 Å². The van der Waals surface area contributed by atoms with Gasteiger partial charge in [0.25, 0.3) is 5.91 Å². The lowest BCUT2D eigenvalue weighted by atomic mass is 10.3. The summed E-state index contributed by atoms with van der Waals surface area (Å²) >= 11 is 3.14. The molecule has 26 heavy (non-hydrogen) atoms. The van der Waals surface area contributed by atoms with E-state index in [9.17, 15) is 9.59 Å². The number of carbonyl (C=O) groups is 2. The van der Waals surface area contributed by atoms with Crippen LogP contribution in [-0.2, 0) is 17.9 Å². The molecule has 0 bridgehead atoms. The highest BCUT2D eigenvalue weighted by atomic mass is 32.1. The van der Waals surface area contributed by atoms with Crippen LogP contribution in [0.15, 0.2) is 17.5 Å². The van der Waals surface area contributed by atoms with Gasteiger partial charge in [-0.15, -0.1) is 22.7 Å². The number of hydrogen-bond donors (Lipinski definition) is 1. The first-order valence-electron chi connectivity index (χ1n) is 8.77. The second-order valence-electron chi connectivity index (χ2n) is 6.46. The average molecular weight is 393 g/mol. The van der Waals surface area contributed by atoms with E-state index >= 15 is 0 Å². The van der Waals surface area contributed by atoms with Crippen molar-refractivity contribution in [2.45, 2.75) is 33.4 Å². The molecule has 8 heteroatoms. The molecule has 0 radical (unpaired) electrons. The maximum absolute atomic E-state index is 12.8. The van der Waals surface area contributed by atoms with E-state index in [1.54, 1.807) is 11.3 Å². The summed E-state index contributed by atoms with van der Waals surface area (Å²) in [4.78, 5) is 34.4. The molecule has 0 atom stereocenters. The van der Waals surface area contributed by atoms with Crippen molar-refractivity contribution in [2.24, 2.45) is 0 Å². The Labute approximate surface area is 161 Å². The van der Waals surface area contributed by atoms with Crippen LogP contribution in [0, 0.1) is 6.92 Å². The Hall–Kier alpha value is -1.77. The molecular formula is C18H24N4O2S2. The molecule has 1 N–H and O–H groups in total. The van der Waals surface area contributed by atoms with E-state index in [-0.39, 0.29) is 11.8 Å². The van der Waals surface area contributed by atoms with Crippen LogP contribution in [0.3, 0.4) is 0 Å².